The molecule has 30 heavy (non-hydrogen) atoms. The second kappa shape index (κ2) is 9.98. The van der Waals surface area contributed by atoms with Crippen LogP contribution in [0.5, 0.6) is 0 Å². The lowest BCUT2D eigenvalue weighted by molar-refractivity contribution is -0.130. The summed E-state index contributed by atoms with van der Waals surface area (Å²) in [6.07, 6.45) is 7.74. The van der Waals surface area contributed by atoms with Crippen molar-refractivity contribution in [3.63, 3.8) is 0 Å². The number of aromatic nitrogens is 1. The van der Waals surface area contributed by atoms with Crippen LogP contribution in [0.25, 0.3) is 0 Å². The monoisotopic (exact) mass is 444 g/mol. The predicted molar refractivity (Wildman–Crippen MR) is 125 cm³/mol. The first kappa shape index (κ1) is 22.8. The molecule has 160 valence electrons. The number of nitrogens with one attached hydrogen (secondary N) is 1. The average Bonchev–Trinajstić information content (AvgIpc) is 2.74. The number of pyridine rings is 1. The number of hydrogen-bond donors (Lipinski definition) is 1. The fourth-order valence-corrected chi connectivity index (χ4v) is 4.88. The van der Waals surface area contributed by atoms with Crippen molar-refractivity contribution in [2.75, 3.05) is 0 Å². The van der Waals surface area contributed by atoms with Gasteiger partial charge in [-0.15, -0.1) is 6.58 Å². The number of hydrogen-bond acceptors (Lipinski definition) is 2. The van der Waals surface area contributed by atoms with Crippen LogP contribution in [0.3, 0.4) is 0 Å². The summed E-state index contributed by atoms with van der Waals surface area (Å²) < 4.78 is 0. The first-order valence-electron chi connectivity index (χ1n) is 10.6. The minimum Gasteiger partial charge on any atom is -0.352 e. The molecular formula is C25H30Cl2N2O. The number of aryl methyl sites for hydroxylation is 1. The van der Waals surface area contributed by atoms with Crippen molar-refractivity contribution in [3.05, 3.63) is 76.6 Å². The molecule has 0 radical (unpaired) electrons. The number of piperidine rings is 1. The van der Waals surface area contributed by atoms with E-state index in [0.29, 0.717) is 11.4 Å². The quantitative estimate of drug-likeness (QED) is 0.465. The van der Waals surface area contributed by atoms with E-state index in [-0.39, 0.29) is 29.2 Å². The van der Waals surface area contributed by atoms with Crippen LogP contribution in [0.15, 0.2) is 55.3 Å². The van der Waals surface area contributed by atoms with Gasteiger partial charge in [0.1, 0.15) is 0 Å². The molecule has 1 aromatic heterocycles. The summed E-state index contributed by atoms with van der Waals surface area (Å²) in [5, 5.41) is 4.76. The maximum atomic E-state index is 12.9. The first-order chi connectivity index (χ1) is 14.4. The molecule has 2 heterocycles. The van der Waals surface area contributed by atoms with Crippen LogP contribution >= 0.6 is 23.2 Å². The molecular weight excluding hydrogens is 415 g/mol. The Bertz CT molecular complexity index is 883. The van der Waals surface area contributed by atoms with Crippen molar-refractivity contribution in [3.8, 4) is 0 Å². The number of carbonyl (C=O) groups excluding carboxylic acids is 1. The number of rotatable bonds is 8. The predicted octanol–water partition coefficient (Wildman–Crippen LogP) is 6.60. The maximum absolute atomic E-state index is 12.9. The van der Waals surface area contributed by atoms with Crippen LogP contribution in [-0.2, 0) is 11.2 Å². The Balaban J connectivity index is 1.89. The Hall–Kier alpha value is -1.84. The summed E-state index contributed by atoms with van der Waals surface area (Å²) in [6.45, 7) is 8.31. The molecule has 1 fully saturated rings. The normalized spacial score (nSPS) is 23.5. The summed E-state index contributed by atoms with van der Waals surface area (Å²) in [5.41, 5.74) is 2.12. The van der Waals surface area contributed by atoms with E-state index in [1.165, 1.54) is 5.56 Å². The number of halogens is 2. The third-order valence-corrected chi connectivity index (χ3v) is 7.10. The van der Waals surface area contributed by atoms with Crippen molar-refractivity contribution < 1.29 is 4.79 Å². The van der Waals surface area contributed by atoms with Gasteiger partial charge in [0.05, 0.1) is 5.02 Å². The fourth-order valence-electron chi connectivity index (χ4n) is 4.57. The van der Waals surface area contributed by atoms with Gasteiger partial charge in [-0.2, -0.15) is 0 Å². The van der Waals surface area contributed by atoms with E-state index in [0.717, 1.165) is 36.4 Å². The summed E-state index contributed by atoms with van der Waals surface area (Å²) in [6, 6.07) is 11.9. The van der Waals surface area contributed by atoms with Gasteiger partial charge in [0, 0.05) is 34.8 Å². The zero-order valence-electron chi connectivity index (χ0n) is 17.7. The molecule has 1 aromatic carbocycles. The van der Waals surface area contributed by atoms with Crippen molar-refractivity contribution in [2.24, 2.45) is 11.3 Å². The Morgan fingerprint density at radius 2 is 2.07 bits per heavy atom. The smallest absolute Gasteiger partial charge is 0.223 e. The number of allylic oxidation sites excluding steroid dienone is 1. The van der Waals surface area contributed by atoms with Gasteiger partial charge >= 0.3 is 0 Å². The number of amides is 1. The van der Waals surface area contributed by atoms with Gasteiger partial charge in [-0.05, 0) is 67.3 Å². The van der Waals surface area contributed by atoms with Gasteiger partial charge < -0.3 is 5.32 Å². The van der Waals surface area contributed by atoms with Crippen molar-refractivity contribution in [1.82, 2.24) is 10.3 Å². The highest BCUT2D eigenvalue weighted by Gasteiger charge is 2.44. The van der Waals surface area contributed by atoms with Crippen LogP contribution in [0.2, 0.25) is 10.0 Å². The van der Waals surface area contributed by atoms with Crippen LogP contribution < -0.4 is 5.32 Å². The maximum Gasteiger partial charge on any atom is 0.223 e. The zero-order chi connectivity index (χ0) is 21.7. The Morgan fingerprint density at radius 1 is 1.27 bits per heavy atom. The van der Waals surface area contributed by atoms with Crippen molar-refractivity contribution >= 4 is 29.1 Å². The summed E-state index contributed by atoms with van der Waals surface area (Å²) in [5.74, 6) is 0.277. The zero-order valence-corrected chi connectivity index (χ0v) is 19.2. The van der Waals surface area contributed by atoms with Crippen LogP contribution in [0, 0.1) is 11.3 Å². The average molecular weight is 445 g/mol. The van der Waals surface area contributed by atoms with E-state index in [1.807, 2.05) is 36.4 Å². The SMILES string of the molecule is C=CCC1C[C@H](c2cccc(Cl)c2)[C@@H](C(C)(CC)CCc2ccc(Cl)cn2)NC1=O. The Morgan fingerprint density at radius 3 is 2.70 bits per heavy atom. The standard InChI is InChI=1S/C25H30Cl2N2O/c1-4-7-18-15-22(17-8-6-9-19(26)14-17)23(29-24(18)30)25(3,5-2)13-12-21-11-10-20(27)16-28-21/h4,6,8-11,14,16,18,22-23H,1,5,7,12-13,15H2,2-3H3,(H,29,30)/t18?,22-,23+,25?/m1/s1. The van der Waals surface area contributed by atoms with E-state index in [9.17, 15) is 4.79 Å². The third-order valence-electron chi connectivity index (χ3n) is 6.64. The molecule has 2 aromatic rings. The molecule has 1 N–H and O–H groups in total. The highest BCUT2D eigenvalue weighted by Crippen LogP contribution is 2.44. The first-order valence-corrected chi connectivity index (χ1v) is 11.4. The van der Waals surface area contributed by atoms with E-state index in [1.54, 1.807) is 6.20 Å². The Labute approximate surface area is 189 Å². The van der Waals surface area contributed by atoms with Crippen LogP contribution in [0.1, 0.15) is 56.7 Å². The molecule has 0 saturated carbocycles. The molecule has 0 aliphatic carbocycles. The van der Waals surface area contributed by atoms with Gasteiger partial charge in [0.2, 0.25) is 5.91 Å². The molecule has 0 spiro atoms. The lowest BCUT2D eigenvalue weighted by atomic mass is 9.65. The second-order valence-electron chi connectivity index (χ2n) is 8.58. The molecule has 3 nitrogen and oxygen atoms in total. The number of benzene rings is 1. The topological polar surface area (TPSA) is 42.0 Å². The highest BCUT2D eigenvalue weighted by molar-refractivity contribution is 6.30. The largest absolute Gasteiger partial charge is 0.352 e. The summed E-state index contributed by atoms with van der Waals surface area (Å²) in [4.78, 5) is 17.4. The number of carbonyl (C=O) groups is 1. The molecule has 1 aliphatic rings. The number of nitrogens with zero attached hydrogens (tertiary/aromatic N) is 1. The minimum atomic E-state index is -0.0802. The summed E-state index contributed by atoms with van der Waals surface area (Å²) in [7, 11) is 0. The molecule has 2 unspecified atom stereocenters. The molecule has 3 rings (SSSR count). The Kier molecular flexibility index (Phi) is 7.60. The van der Waals surface area contributed by atoms with E-state index in [4.69, 9.17) is 23.2 Å². The molecule has 1 saturated heterocycles. The van der Waals surface area contributed by atoms with Gasteiger partial charge in [-0.3, -0.25) is 9.78 Å². The van der Waals surface area contributed by atoms with Crippen molar-refractivity contribution in [2.45, 2.75) is 57.9 Å². The molecule has 1 aliphatic heterocycles. The molecule has 4 atom stereocenters. The van der Waals surface area contributed by atoms with Gasteiger partial charge in [-0.1, -0.05) is 55.3 Å². The van der Waals surface area contributed by atoms with E-state index < -0.39 is 0 Å². The van der Waals surface area contributed by atoms with E-state index in [2.05, 4.69) is 36.8 Å². The van der Waals surface area contributed by atoms with E-state index >= 15 is 0 Å². The molecule has 1 amide bonds. The van der Waals surface area contributed by atoms with Gasteiger partial charge in [-0.25, -0.2) is 0 Å². The molecule has 5 heteroatoms. The highest BCUT2D eigenvalue weighted by atomic mass is 35.5. The van der Waals surface area contributed by atoms with Gasteiger partial charge in [0.15, 0.2) is 0 Å². The van der Waals surface area contributed by atoms with Crippen LogP contribution in [-0.4, -0.2) is 16.9 Å². The van der Waals surface area contributed by atoms with Crippen LogP contribution in [0.4, 0.5) is 0 Å². The molecule has 0 bridgehead atoms. The van der Waals surface area contributed by atoms with Crippen molar-refractivity contribution in [1.29, 1.82) is 0 Å². The third kappa shape index (κ3) is 5.25. The minimum absolute atomic E-state index is 0.0295. The lowest BCUT2D eigenvalue weighted by Gasteiger charge is -2.47. The van der Waals surface area contributed by atoms with Gasteiger partial charge in [0.25, 0.3) is 0 Å². The summed E-state index contributed by atoms with van der Waals surface area (Å²) >= 11 is 12.3. The second-order valence-corrected chi connectivity index (χ2v) is 9.45. The fraction of sp³-hybridized carbons (Fsp3) is 0.440. The lowest BCUT2D eigenvalue weighted by Crippen LogP contribution is -2.55.